The van der Waals surface area contributed by atoms with E-state index in [-0.39, 0.29) is 17.5 Å². The molecule has 13 heteroatoms. The average Bonchev–Trinajstić information content (AvgIpc) is 3.33. The highest BCUT2D eigenvalue weighted by Crippen LogP contribution is 2.35. The van der Waals surface area contributed by atoms with Gasteiger partial charge in [0, 0.05) is 16.8 Å². The molecule has 0 unspecified atom stereocenters. The first-order valence-corrected chi connectivity index (χ1v) is 11.6. The van der Waals surface area contributed by atoms with E-state index in [0.29, 0.717) is 38.5 Å². The van der Waals surface area contributed by atoms with E-state index in [9.17, 15) is 4.79 Å². The summed E-state index contributed by atoms with van der Waals surface area (Å²) in [6.45, 7) is -0.201. The average molecular weight is 544 g/mol. The number of benzene rings is 3. The monoisotopic (exact) mass is 543 g/mol. The molecule has 0 fully saturated rings. The van der Waals surface area contributed by atoms with Gasteiger partial charge in [0.15, 0.2) is 5.11 Å². The molecule has 0 saturated heterocycles. The number of methoxy groups -OCH3 is 1. The van der Waals surface area contributed by atoms with Crippen LogP contribution in [0, 0.1) is 0 Å². The van der Waals surface area contributed by atoms with Crippen molar-refractivity contribution in [2.24, 2.45) is 0 Å². The summed E-state index contributed by atoms with van der Waals surface area (Å²) < 4.78 is 11.1. The number of para-hydroxylation sites is 1. The van der Waals surface area contributed by atoms with Crippen molar-refractivity contribution < 1.29 is 14.3 Å². The number of aromatic nitrogens is 4. The fraction of sp³-hybridized carbons (Fsp3) is 0.0870. The van der Waals surface area contributed by atoms with Gasteiger partial charge >= 0.3 is 0 Å². The van der Waals surface area contributed by atoms with Crippen LogP contribution in [-0.2, 0) is 11.3 Å². The van der Waals surface area contributed by atoms with Crippen molar-refractivity contribution >= 4 is 52.1 Å². The zero-order chi connectivity index (χ0) is 25.5. The van der Waals surface area contributed by atoms with Crippen LogP contribution in [0.15, 0.2) is 66.7 Å². The lowest BCUT2D eigenvalue weighted by Crippen LogP contribution is -2.45. The van der Waals surface area contributed by atoms with Crippen LogP contribution in [-0.4, -0.2) is 38.3 Å². The summed E-state index contributed by atoms with van der Waals surface area (Å²) in [5.74, 6) is 1.38. The van der Waals surface area contributed by atoms with Crippen molar-refractivity contribution in [3.05, 3.63) is 76.8 Å². The summed E-state index contributed by atoms with van der Waals surface area (Å²) in [6.07, 6.45) is 0. The summed E-state index contributed by atoms with van der Waals surface area (Å²) in [5.41, 5.74) is 6.37. The molecule has 1 amide bonds. The van der Waals surface area contributed by atoms with Gasteiger partial charge in [0.25, 0.3) is 5.91 Å². The Morgan fingerprint density at radius 1 is 1.03 bits per heavy atom. The van der Waals surface area contributed by atoms with Gasteiger partial charge in [0.05, 0.1) is 17.7 Å². The van der Waals surface area contributed by atoms with Gasteiger partial charge in [-0.3, -0.25) is 15.6 Å². The number of carbonyl (C=O) groups is 1. The van der Waals surface area contributed by atoms with E-state index in [1.54, 1.807) is 61.7 Å². The molecule has 0 aliphatic heterocycles. The Morgan fingerprint density at radius 3 is 2.67 bits per heavy atom. The number of hydrazine groups is 1. The van der Waals surface area contributed by atoms with E-state index in [1.165, 1.54) is 0 Å². The Hall–Kier alpha value is -3.93. The lowest BCUT2D eigenvalue weighted by Gasteiger charge is -2.12. The lowest BCUT2D eigenvalue weighted by atomic mass is 10.2. The van der Waals surface area contributed by atoms with Gasteiger partial charge in [0.2, 0.25) is 5.82 Å². The van der Waals surface area contributed by atoms with Crippen LogP contribution in [0.4, 0.5) is 5.69 Å². The van der Waals surface area contributed by atoms with Crippen molar-refractivity contribution in [3.63, 3.8) is 0 Å². The standard InChI is InChI=1S/C23H19Cl2N7O3S/c1-34-16-6-4-5-15(12-16)26-23(36)29-27-21(33)13-32-30-22(28-31-32)17-7-2-3-8-19(17)35-20-10-9-14(24)11-18(20)25/h2-12H,13H2,1H3,(H,27,33)(H2,26,29,36). The number of hydrogen-bond acceptors (Lipinski definition) is 7. The minimum absolute atomic E-state index is 0.191. The zero-order valence-corrected chi connectivity index (χ0v) is 21.1. The van der Waals surface area contributed by atoms with Crippen molar-refractivity contribution in [2.45, 2.75) is 6.54 Å². The number of thiocarbonyl (C=S) groups is 1. The van der Waals surface area contributed by atoms with Gasteiger partial charge in [0.1, 0.15) is 23.8 Å². The van der Waals surface area contributed by atoms with Crippen molar-refractivity contribution in [1.82, 2.24) is 31.1 Å². The Kier molecular flexibility index (Phi) is 8.16. The Morgan fingerprint density at radius 2 is 1.86 bits per heavy atom. The highest BCUT2D eigenvalue weighted by molar-refractivity contribution is 7.80. The van der Waals surface area contributed by atoms with Gasteiger partial charge in [-0.05, 0) is 59.9 Å². The van der Waals surface area contributed by atoms with Gasteiger partial charge in [-0.15, -0.1) is 10.2 Å². The summed E-state index contributed by atoms with van der Waals surface area (Å²) in [4.78, 5) is 13.5. The van der Waals surface area contributed by atoms with Gasteiger partial charge in [-0.25, -0.2) is 0 Å². The number of rotatable bonds is 7. The topological polar surface area (TPSA) is 115 Å². The van der Waals surface area contributed by atoms with E-state index in [1.807, 2.05) is 12.1 Å². The smallest absolute Gasteiger partial charge is 0.262 e. The normalized spacial score (nSPS) is 10.4. The summed E-state index contributed by atoms with van der Waals surface area (Å²) in [5, 5.41) is 16.3. The van der Waals surface area contributed by atoms with E-state index < -0.39 is 5.91 Å². The Labute approximate surface area is 221 Å². The van der Waals surface area contributed by atoms with Crippen LogP contribution >= 0.6 is 35.4 Å². The van der Waals surface area contributed by atoms with Gasteiger partial charge in [-0.2, -0.15) is 4.80 Å². The second-order valence-electron chi connectivity index (χ2n) is 7.18. The largest absolute Gasteiger partial charge is 0.497 e. The van der Waals surface area contributed by atoms with Crippen molar-refractivity contribution in [1.29, 1.82) is 0 Å². The van der Waals surface area contributed by atoms with Crippen LogP contribution in [0.2, 0.25) is 10.0 Å². The highest BCUT2D eigenvalue weighted by Gasteiger charge is 2.15. The van der Waals surface area contributed by atoms with E-state index in [4.69, 9.17) is 44.9 Å². The zero-order valence-electron chi connectivity index (χ0n) is 18.7. The van der Waals surface area contributed by atoms with Crippen molar-refractivity contribution in [2.75, 3.05) is 12.4 Å². The van der Waals surface area contributed by atoms with Crippen LogP contribution in [0.5, 0.6) is 17.2 Å². The molecule has 3 aromatic carbocycles. The number of carbonyl (C=O) groups excluding carboxylic acids is 1. The minimum Gasteiger partial charge on any atom is -0.497 e. The molecule has 10 nitrogen and oxygen atoms in total. The molecular weight excluding hydrogens is 525 g/mol. The second kappa shape index (κ2) is 11.7. The summed E-state index contributed by atoms with van der Waals surface area (Å²) >= 11 is 17.4. The molecule has 0 aliphatic carbocycles. The first-order valence-electron chi connectivity index (χ1n) is 10.4. The molecule has 0 bridgehead atoms. The first-order chi connectivity index (χ1) is 17.4. The molecule has 4 rings (SSSR count). The third-order valence-electron chi connectivity index (χ3n) is 4.62. The van der Waals surface area contributed by atoms with Crippen LogP contribution in [0.1, 0.15) is 0 Å². The maximum Gasteiger partial charge on any atom is 0.262 e. The molecule has 3 N–H and O–H groups in total. The van der Waals surface area contributed by atoms with Gasteiger partial charge < -0.3 is 14.8 Å². The first kappa shape index (κ1) is 25.2. The number of nitrogens with one attached hydrogen (secondary N) is 3. The molecule has 0 radical (unpaired) electrons. The fourth-order valence-electron chi connectivity index (χ4n) is 2.99. The van der Waals surface area contributed by atoms with Crippen LogP contribution in [0.3, 0.4) is 0 Å². The number of anilines is 1. The number of tetrazole rings is 1. The van der Waals surface area contributed by atoms with Crippen LogP contribution in [0.25, 0.3) is 11.4 Å². The second-order valence-corrected chi connectivity index (χ2v) is 8.43. The molecular formula is C23H19Cl2N7O3S. The predicted molar refractivity (Wildman–Crippen MR) is 140 cm³/mol. The third-order valence-corrected chi connectivity index (χ3v) is 5.36. The number of amides is 1. The maximum absolute atomic E-state index is 12.3. The molecule has 0 spiro atoms. The maximum atomic E-state index is 12.3. The lowest BCUT2D eigenvalue weighted by molar-refractivity contribution is -0.122. The van der Waals surface area contributed by atoms with E-state index >= 15 is 0 Å². The Bertz CT molecular complexity index is 1400. The predicted octanol–water partition coefficient (Wildman–Crippen LogP) is 4.47. The summed E-state index contributed by atoms with van der Waals surface area (Å²) in [6, 6.07) is 19.2. The number of halogens is 2. The molecule has 1 aromatic heterocycles. The number of ether oxygens (including phenoxy) is 2. The highest BCUT2D eigenvalue weighted by atomic mass is 35.5. The van der Waals surface area contributed by atoms with Crippen molar-refractivity contribution in [3.8, 4) is 28.6 Å². The molecule has 0 saturated carbocycles. The van der Waals surface area contributed by atoms with Gasteiger partial charge in [-0.1, -0.05) is 41.4 Å². The molecule has 4 aromatic rings. The molecule has 1 heterocycles. The minimum atomic E-state index is -0.439. The SMILES string of the molecule is COc1cccc(NC(=S)NNC(=O)Cn2nnc(-c3ccccc3Oc3ccc(Cl)cc3Cl)n2)c1. The number of hydrogen-bond donors (Lipinski definition) is 3. The third kappa shape index (κ3) is 6.60. The van der Waals surface area contributed by atoms with Crippen LogP contribution < -0.4 is 25.6 Å². The fourth-order valence-corrected chi connectivity index (χ4v) is 3.61. The summed E-state index contributed by atoms with van der Waals surface area (Å²) in [7, 11) is 1.57. The number of nitrogens with zero attached hydrogens (tertiary/aromatic N) is 4. The van der Waals surface area contributed by atoms with E-state index in [0.717, 1.165) is 4.80 Å². The Balaban J connectivity index is 1.36. The van der Waals surface area contributed by atoms with E-state index in [2.05, 4.69) is 31.6 Å². The molecule has 184 valence electrons. The molecule has 36 heavy (non-hydrogen) atoms. The quantitative estimate of drug-likeness (QED) is 0.229. The molecule has 0 atom stereocenters. The molecule has 0 aliphatic rings.